The summed E-state index contributed by atoms with van der Waals surface area (Å²) >= 11 is 1.73. The zero-order chi connectivity index (χ0) is 13.9. The first kappa shape index (κ1) is 12.8. The molecule has 0 saturated heterocycles. The molecule has 1 unspecified atom stereocenters. The Bertz CT molecular complexity index is 702. The van der Waals surface area contributed by atoms with Gasteiger partial charge < -0.3 is 5.32 Å². The molecule has 1 aliphatic rings. The summed E-state index contributed by atoms with van der Waals surface area (Å²) in [6, 6.07) is 15.4. The number of thioether (sulfide) groups is 1. The van der Waals surface area contributed by atoms with Gasteiger partial charge >= 0.3 is 0 Å². The van der Waals surface area contributed by atoms with E-state index in [-0.39, 0.29) is 11.8 Å². The average molecular weight is 279 g/mol. The molecule has 0 saturated carbocycles. The Hall–Kier alpha value is -2.18. The van der Waals surface area contributed by atoms with Crippen molar-refractivity contribution in [2.75, 3.05) is 11.1 Å². The maximum atomic E-state index is 12.4. The number of anilines is 1. The van der Waals surface area contributed by atoms with E-state index in [1.165, 1.54) is 4.90 Å². The summed E-state index contributed by atoms with van der Waals surface area (Å²) in [4.78, 5) is 13.6. The molecule has 0 radical (unpaired) electrons. The summed E-state index contributed by atoms with van der Waals surface area (Å²) in [5.74, 6) is 3.29. The lowest BCUT2D eigenvalue weighted by atomic mass is 10.0. The number of rotatable bonds is 2. The molecule has 2 aromatic rings. The van der Waals surface area contributed by atoms with E-state index in [9.17, 15) is 4.79 Å². The second kappa shape index (κ2) is 5.44. The van der Waals surface area contributed by atoms with Crippen LogP contribution in [0.3, 0.4) is 0 Å². The highest BCUT2D eigenvalue weighted by Gasteiger charge is 2.28. The lowest BCUT2D eigenvalue weighted by Gasteiger charge is -2.11. The van der Waals surface area contributed by atoms with Crippen molar-refractivity contribution >= 4 is 23.4 Å². The van der Waals surface area contributed by atoms with Crippen molar-refractivity contribution in [3.05, 3.63) is 59.7 Å². The molecule has 0 fully saturated rings. The predicted octanol–water partition coefficient (Wildman–Crippen LogP) is 3.50. The van der Waals surface area contributed by atoms with Crippen molar-refractivity contribution < 1.29 is 4.79 Å². The summed E-state index contributed by atoms with van der Waals surface area (Å²) in [6.45, 7) is 0. The Morgan fingerprint density at radius 3 is 2.95 bits per heavy atom. The van der Waals surface area contributed by atoms with Gasteiger partial charge in [0.05, 0.1) is 5.92 Å². The maximum absolute atomic E-state index is 12.4. The zero-order valence-corrected chi connectivity index (χ0v) is 11.6. The van der Waals surface area contributed by atoms with Crippen LogP contribution in [0.4, 0.5) is 5.69 Å². The Kier molecular flexibility index (Phi) is 3.49. The van der Waals surface area contributed by atoms with Crippen molar-refractivity contribution in [3.63, 3.8) is 0 Å². The predicted molar refractivity (Wildman–Crippen MR) is 82.9 cm³/mol. The van der Waals surface area contributed by atoms with Gasteiger partial charge in [-0.3, -0.25) is 4.79 Å². The Labute approximate surface area is 122 Å². The molecule has 20 heavy (non-hydrogen) atoms. The largest absolute Gasteiger partial charge is 0.325 e. The molecule has 2 nitrogen and oxygen atoms in total. The van der Waals surface area contributed by atoms with Gasteiger partial charge in [-0.25, -0.2) is 0 Å². The summed E-state index contributed by atoms with van der Waals surface area (Å²) in [7, 11) is 0. The number of carbonyl (C=O) groups is 1. The van der Waals surface area contributed by atoms with Gasteiger partial charge in [-0.2, -0.15) is 0 Å². The Morgan fingerprint density at radius 1 is 1.25 bits per heavy atom. The molecule has 98 valence electrons. The number of benzene rings is 2. The van der Waals surface area contributed by atoms with Gasteiger partial charge in [0.15, 0.2) is 0 Å². The molecule has 1 N–H and O–H groups in total. The highest BCUT2D eigenvalue weighted by Crippen LogP contribution is 2.39. The van der Waals surface area contributed by atoms with Gasteiger partial charge in [-0.1, -0.05) is 30.2 Å². The Balaban J connectivity index is 1.79. The van der Waals surface area contributed by atoms with E-state index >= 15 is 0 Å². The van der Waals surface area contributed by atoms with Gasteiger partial charge in [0.1, 0.15) is 0 Å². The van der Waals surface area contributed by atoms with Crippen LogP contribution in [-0.4, -0.2) is 11.7 Å². The second-order valence-corrected chi connectivity index (χ2v) is 5.68. The molecule has 0 bridgehead atoms. The number of carbonyl (C=O) groups excluding carboxylic acids is 1. The van der Waals surface area contributed by atoms with Crippen LogP contribution < -0.4 is 5.32 Å². The summed E-state index contributed by atoms with van der Waals surface area (Å²) in [6.07, 6.45) is 5.37. The summed E-state index contributed by atoms with van der Waals surface area (Å²) in [5.41, 5.74) is 2.63. The van der Waals surface area contributed by atoms with Crippen LogP contribution >= 0.6 is 11.8 Å². The third-order valence-corrected chi connectivity index (χ3v) is 4.50. The molecule has 1 amide bonds. The lowest BCUT2D eigenvalue weighted by Crippen LogP contribution is -2.21. The number of hydrogen-bond donors (Lipinski definition) is 1. The zero-order valence-electron chi connectivity index (χ0n) is 10.8. The average Bonchev–Trinajstić information content (AvgIpc) is 2.91. The van der Waals surface area contributed by atoms with Crippen LogP contribution in [0.15, 0.2) is 53.4 Å². The number of amides is 1. The standard InChI is InChI=1S/C17H13NOS/c1-2-12-6-5-7-13(10-12)18-17(19)15-11-20-16-9-4-3-8-14(15)16/h1,3-10,15H,11H2,(H,18,19). The third kappa shape index (κ3) is 2.43. The normalized spacial score (nSPS) is 16.2. The number of terminal acetylenes is 1. The van der Waals surface area contributed by atoms with Gasteiger partial charge in [0.25, 0.3) is 0 Å². The Morgan fingerprint density at radius 2 is 2.10 bits per heavy atom. The molecular formula is C17H13NOS. The molecule has 0 aromatic heterocycles. The first-order valence-electron chi connectivity index (χ1n) is 6.37. The monoisotopic (exact) mass is 279 g/mol. The molecule has 1 atom stereocenters. The van der Waals surface area contributed by atoms with E-state index in [0.717, 1.165) is 22.6 Å². The number of hydrogen-bond acceptors (Lipinski definition) is 2. The van der Waals surface area contributed by atoms with Crippen LogP contribution in [0.25, 0.3) is 0 Å². The molecule has 0 spiro atoms. The topological polar surface area (TPSA) is 29.1 Å². The van der Waals surface area contributed by atoms with Crippen LogP contribution in [0.2, 0.25) is 0 Å². The van der Waals surface area contributed by atoms with Crippen molar-refractivity contribution in [2.24, 2.45) is 0 Å². The first-order chi connectivity index (χ1) is 9.78. The fourth-order valence-electron chi connectivity index (χ4n) is 2.30. The SMILES string of the molecule is C#Cc1cccc(NC(=O)C2CSc3ccccc32)c1. The first-order valence-corrected chi connectivity index (χ1v) is 7.36. The molecule has 3 heteroatoms. The fourth-order valence-corrected chi connectivity index (χ4v) is 3.52. The highest BCUT2D eigenvalue weighted by atomic mass is 32.2. The molecule has 1 heterocycles. The summed E-state index contributed by atoms with van der Waals surface area (Å²) < 4.78 is 0. The van der Waals surface area contributed by atoms with Crippen LogP contribution in [0, 0.1) is 12.3 Å². The van der Waals surface area contributed by atoms with Crippen molar-refractivity contribution in [1.29, 1.82) is 0 Å². The van der Waals surface area contributed by atoms with Crippen molar-refractivity contribution in [2.45, 2.75) is 10.8 Å². The molecule has 1 aliphatic heterocycles. The van der Waals surface area contributed by atoms with Crippen molar-refractivity contribution in [3.8, 4) is 12.3 Å². The van der Waals surface area contributed by atoms with E-state index < -0.39 is 0 Å². The van der Waals surface area contributed by atoms with Gasteiger partial charge in [0.2, 0.25) is 5.91 Å². The van der Waals surface area contributed by atoms with Crippen LogP contribution in [-0.2, 0) is 4.79 Å². The van der Waals surface area contributed by atoms with Gasteiger partial charge in [-0.15, -0.1) is 18.2 Å². The molecular weight excluding hydrogens is 266 g/mol. The van der Waals surface area contributed by atoms with E-state index in [4.69, 9.17) is 6.42 Å². The summed E-state index contributed by atoms with van der Waals surface area (Å²) in [5, 5.41) is 2.95. The minimum absolute atomic E-state index is 0.0246. The van der Waals surface area contributed by atoms with Crippen LogP contribution in [0.5, 0.6) is 0 Å². The molecule has 2 aromatic carbocycles. The fraction of sp³-hybridized carbons (Fsp3) is 0.118. The molecule has 0 aliphatic carbocycles. The smallest absolute Gasteiger partial charge is 0.232 e. The van der Waals surface area contributed by atoms with E-state index in [0.29, 0.717) is 0 Å². The minimum atomic E-state index is -0.0920. The van der Waals surface area contributed by atoms with Crippen molar-refractivity contribution in [1.82, 2.24) is 0 Å². The third-order valence-electron chi connectivity index (χ3n) is 3.31. The maximum Gasteiger partial charge on any atom is 0.232 e. The highest BCUT2D eigenvalue weighted by molar-refractivity contribution is 7.99. The molecule has 3 rings (SSSR count). The quantitative estimate of drug-likeness (QED) is 0.853. The lowest BCUT2D eigenvalue weighted by molar-refractivity contribution is -0.117. The number of nitrogens with one attached hydrogen (secondary N) is 1. The van der Waals surface area contributed by atoms with Gasteiger partial charge in [0, 0.05) is 21.9 Å². The van der Waals surface area contributed by atoms with Gasteiger partial charge in [-0.05, 0) is 29.8 Å². The second-order valence-electron chi connectivity index (χ2n) is 4.62. The van der Waals surface area contributed by atoms with E-state index in [1.807, 2.05) is 42.5 Å². The van der Waals surface area contributed by atoms with E-state index in [1.54, 1.807) is 11.8 Å². The minimum Gasteiger partial charge on any atom is -0.325 e. The van der Waals surface area contributed by atoms with Crippen LogP contribution in [0.1, 0.15) is 17.0 Å². The number of fused-ring (bicyclic) bond motifs is 1. The van der Waals surface area contributed by atoms with E-state index in [2.05, 4.69) is 17.3 Å².